The van der Waals surface area contributed by atoms with Gasteiger partial charge in [0.25, 0.3) is 0 Å². The van der Waals surface area contributed by atoms with Crippen LogP contribution >= 0.6 is 34.7 Å². The van der Waals surface area contributed by atoms with Crippen LogP contribution in [0.15, 0.2) is 82.6 Å². The van der Waals surface area contributed by atoms with E-state index in [1.54, 1.807) is 37.4 Å². The van der Waals surface area contributed by atoms with Crippen LogP contribution in [0.1, 0.15) is 21.9 Å². The third-order valence-corrected chi connectivity index (χ3v) is 9.35. The molecule has 2 unspecified atom stereocenters. The number of thioether (sulfide) groups is 1. The van der Waals surface area contributed by atoms with E-state index in [1.165, 1.54) is 16.7 Å². The molecular formula is C28H21ClN2O5S2. The van der Waals surface area contributed by atoms with Crippen molar-refractivity contribution < 1.29 is 19.1 Å². The van der Waals surface area contributed by atoms with Crippen molar-refractivity contribution in [3.8, 4) is 11.5 Å². The summed E-state index contributed by atoms with van der Waals surface area (Å²) in [6.45, 7) is 0.369. The third kappa shape index (κ3) is 4.30. The number of nitrogens with one attached hydrogen (secondary N) is 1. The van der Waals surface area contributed by atoms with Crippen molar-refractivity contribution in [1.82, 2.24) is 4.98 Å². The van der Waals surface area contributed by atoms with Crippen LogP contribution in [0.4, 0.5) is 5.69 Å². The van der Waals surface area contributed by atoms with Gasteiger partial charge in [-0.2, -0.15) is 0 Å². The summed E-state index contributed by atoms with van der Waals surface area (Å²) < 4.78 is 11.7. The predicted molar refractivity (Wildman–Crippen MR) is 148 cm³/mol. The Morgan fingerprint density at radius 1 is 0.947 bits per heavy atom. The number of benzene rings is 3. The molecule has 3 heterocycles. The highest BCUT2D eigenvalue weighted by molar-refractivity contribution is 8.00. The number of anilines is 1. The molecule has 0 radical (unpaired) electrons. The van der Waals surface area contributed by atoms with Gasteiger partial charge in [-0.15, -0.1) is 0 Å². The first-order valence-electron chi connectivity index (χ1n) is 11.8. The maximum absolute atomic E-state index is 13.8. The van der Waals surface area contributed by atoms with E-state index in [9.17, 15) is 14.4 Å². The van der Waals surface area contributed by atoms with E-state index in [2.05, 4.69) is 4.98 Å². The number of carbonyl (C=O) groups excluding carboxylic acids is 2. The van der Waals surface area contributed by atoms with E-state index >= 15 is 0 Å². The summed E-state index contributed by atoms with van der Waals surface area (Å²) in [6, 6.07) is 21.9. The van der Waals surface area contributed by atoms with E-state index < -0.39 is 17.1 Å². The number of amides is 2. The smallest absolute Gasteiger partial charge is 0.305 e. The highest BCUT2D eigenvalue weighted by Gasteiger charge is 2.56. The van der Waals surface area contributed by atoms with Crippen molar-refractivity contribution >= 4 is 52.2 Å². The number of rotatable bonds is 6. The average molecular weight is 565 g/mol. The molecule has 3 atom stereocenters. The second kappa shape index (κ2) is 9.98. The minimum atomic E-state index is -0.692. The van der Waals surface area contributed by atoms with Gasteiger partial charge in [0.2, 0.25) is 11.8 Å². The number of hydrogen-bond acceptors (Lipinski definition) is 7. The highest BCUT2D eigenvalue weighted by Crippen LogP contribution is 2.53. The number of thiazole rings is 1. The zero-order chi connectivity index (χ0) is 26.4. The van der Waals surface area contributed by atoms with Gasteiger partial charge in [0.1, 0.15) is 11.9 Å². The van der Waals surface area contributed by atoms with Gasteiger partial charge < -0.3 is 14.5 Å². The molecule has 1 fully saturated rings. The second-order valence-electron chi connectivity index (χ2n) is 8.92. The fourth-order valence-corrected chi connectivity index (χ4v) is 7.59. The molecule has 0 spiro atoms. The number of imide groups is 1. The van der Waals surface area contributed by atoms with Gasteiger partial charge in [0.05, 0.1) is 23.7 Å². The van der Waals surface area contributed by atoms with Crippen LogP contribution < -0.4 is 19.2 Å². The quantitative estimate of drug-likeness (QED) is 0.312. The second-order valence-corrected chi connectivity index (χ2v) is 11.5. The SMILES string of the molecule is COc1cc([C@H]2c3sc(=O)[nH]c3SC3C(=O)N(c4ccc(Cl)cc4)C(=O)C32)ccc1OCc1ccccc1. The van der Waals surface area contributed by atoms with Gasteiger partial charge >= 0.3 is 4.87 Å². The van der Waals surface area contributed by atoms with Crippen molar-refractivity contribution in [3.05, 3.63) is 103 Å². The molecule has 4 aromatic rings. The number of nitrogens with zero attached hydrogens (tertiary/aromatic N) is 1. The molecular weight excluding hydrogens is 544 g/mol. The van der Waals surface area contributed by atoms with Gasteiger partial charge in [-0.25, -0.2) is 4.90 Å². The number of H-pyrrole nitrogens is 1. The fourth-order valence-electron chi connectivity index (χ4n) is 4.95. The topological polar surface area (TPSA) is 88.7 Å². The Morgan fingerprint density at radius 3 is 2.45 bits per heavy atom. The number of ether oxygens (including phenoxy) is 2. The van der Waals surface area contributed by atoms with E-state index in [0.717, 1.165) is 27.3 Å². The molecule has 2 amide bonds. The van der Waals surface area contributed by atoms with E-state index in [4.69, 9.17) is 21.1 Å². The molecule has 1 N–H and O–H groups in total. The first-order valence-corrected chi connectivity index (χ1v) is 13.9. The molecule has 3 aromatic carbocycles. The number of aromatic nitrogens is 1. The highest BCUT2D eigenvalue weighted by atomic mass is 35.5. The third-order valence-electron chi connectivity index (χ3n) is 6.69. The zero-order valence-electron chi connectivity index (χ0n) is 20.1. The van der Waals surface area contributed by atoms with Crippen LogP contribution in [0.25, 0.3) is 0 Å². The first kappa shape index (κ1) is 24.8. The minimum absolute atomic E-state index is 0.225. The summed E-state index contributed by atoms with van der Waals surface area (Å²) >= 11 is 8.33. The Morgan fingerprint density at radius 2 is 1.71 bits per heavy atom. The monoisotopic (exact) mass is 564 g/mol. The molecule has 38 heavy (non-hydrogen) atoms. The van der Waals surface area contributed by atoms with Crippen molar-refractivity contribution in [2.24, 2.45) is 5.92 Å². The molecule has 1 aromatic heterocycles. The Hall–Kier alpha value is -3.53. The largest absolute Gasteiger partial charge is 0.493 e. The normalized spacial score (nSPS) is 20.3. The maximum atomic E-state index is 13.8. The Balaban J connectivity index is 1.38. The fraction of sp³-hybridized carbons (Fsp3) is 0.179. The molecule has 7 nitrogen and oxygen atoms in total. The first-order chi connectivity index (χ1) is 18.4. The lowest BCUT2D eigenvalue weighted by Gasteiger charge is -2.30. The lowest BCUT2D eigenvalue weighted by molar-refractivity contribution is -0.122. The van der Waals surface area contributed by atoms with Crippen LogP contribution in [-0.2, 0) is 16.2 Å². The number of carbonyl (C=O) groups is 2. The lowest BCUT2D eigenvalue weighted by Crippen LogP contribution is -2.32. The summed E-state index contributed by atoms with van der Waals surface area (Å²) in [5.41, 5.74) is 2.25. The van der Waals surface area contributed by atoms with Crippen LogP contribution in [0.5, 0.6) is 11.5 Å². The lowest BCUT2D eigenvalue weighted by atomic mass is 9.83. The van der Waals surface area contributed by atoms with E-state index in [1.807, 2.05) is 42.5 Å². The van der Waals surface area contributed by atoms with Crippen LogP contribution in [-0.4, -0.2) is 29.2 Å². The standard InChI is InChI=1S/C28H21ClN2O5S2/c1-35-20-13-16(7-12-19(20)36-14-15-5-3-2-4-6-15)21-22-24(37-25-23(21)38-28(34)30-25)27(33)31(26(22)32)18-10-8-17(29)9-11-18/h2-13,21-22,24H,14H2,1H3,(H,30,34)/t21-,22?,24?/m1/s1. The zero-order valence-corrected chi connectivity index (χ0v) is 22.4. The molecule has 192 valence electrons. The van der Waals surface area contributed by atoms with Crippen LogP contribution in [0.3, 0.4) is 0 Å². The van der Waals surface area contributed by atoms with E-state index in [-0.39, 0.29) is 16.7 Å². The average Bonchev–Trinajstić information content (AvgIpc) is 3.42. The molecule has 1 saturated heterocycles. The number of methoxy groups -OCH3 is 1. The van der Waals surface area contributed by atoms with Crippen LogP contribution in [0.2, 0.25) is 5.02 Å². The van der Waals surface area contributed by atoms with E-state index in [0.29, 0.717) is 33.8 Å². The molecule has 6 rings (SSSR count). The maximum Gasteiger partial charge on any atom is 0.305 e. The number of fused-ring (bicyclic) bond motifs is 2. The van der Waals surface area contributed by atoms with Gasteiger partial charge in [0.15, 0.2) is 11.5 Å². The summed E-state index contributed by atoms with van der Waals surface area (Å²) in [5.74, 6) is -0.765. The minimum Gasteiger partial charge on any atom is -0.493 e. The summed E-state index contributed by atoms with van der Waals surface area (Å²) in [4.78, 5) is 44.3. The van der Waals surface area contributed by atoms with Gasteiger partial charge in [-0.05, 0) is 47.5 Å². The van der Waals surface area contributed by atoms with Crippen molar-refractivity contribution in [3.63, 3.8) is 0 Å². The van der Waals surface area contributed by atoms with Crippen molar-refractivity contribution in [2.45, 2.75) is 22.8 Å². The summed E-state index contributed by atoms with van der Waals surface area (Å²) in [6.07, 6.45) is 0. The molecule has 0 saturated carbocycles. The van der Waals surface area contributed by atoms with Gasteiger partial charge in [0, 0.05) is 15.8 Å². The predicted octanol–water partition coefficient (Wildman–Crippen LogP) is 5.47. The van der Waals surface area contributed by atoms with Crippen molar-refractivity contribution in [1.29, 1.82) is 0 Å². The summed E-state index contributed by atoms with van der Waals surface area (Å²) in [7, 11) is 1.56. The van der Waals surface area contributed by atoms with Gasteiger partial charge in [-0.1, -0.05) is 71.1 Å². The van der Waals surface area contributed by atoms with Gasteiger partial charge in [-0.3, -0.25) is 14.4 Å². The summed E-state index contributed by atoms with van der Waals surface area (Å²) in [5, 5.41) is 0.452. The number of hydrogen-bond donors (Lipinski definition) is 1. The molecule has 0 aliphatic carbocycles. The Kier molecular flexibility index (Phi) is 6.51. The molecule has 2 aliphatic heterocycles. The Labute approximate surface area is 231 Å². The Bertz CT molecular complexity index is 1590. The van der Waals surface area contributed by atoms with Crippen LogP contribution in [0, 0.1) is 5.92 Å². The number of aromatic amines is 1. The molecule has 0 bridgehead atoms. The molecule has 10 heteroatoms. The number of halogens is 1. The van der Waals surface area contributed by atoms with Crippen molar-refractivity contribution in [2.75, 3.05) is 12.0 Å². The molecule has 2 aliphatic rings.